The molecule has 7 nitrogen and oxygen atoms in total. The molecule has 0 aliphatic carbocycles. The Hall–Kier alpha value is -1.22. The maximum atomic E-state index is 6.17. The number of unbranched alkanes of at least 4 members (excludes halogenated alkanes) is 1. The van der Waals surface area contributed by atoms with Crippen LogP contribution in [0, 0.1) is 0 Å². The van der Waals surface area contributed by atoms with Gasteiger partial charge in [0.25, 0.3) is 0 Å². The molecule has 0 aromatic heterocycles. The highest BCUT2D eigenvalue weighted by Gasteiger charge is 2.60. The van der Waals surface area contributed by atoms with Gasteiger partial charge in [0, 0.05) is 0 Å². The molecule has 0 spiro atoms. The van der Waals surface area contributed by atoms with Gasteiger partial charge in [-0.25, -0.2) is 0 Å². The Morgan fingerprint density at radius 2 is 1.53 bits per heavy atom. The minimum absolute atomic E-state index is 0.256. The Bertz CT molecular complexity index is 702. The quantitative estimate of drug-likeness (QED) is 0.591. The van der Waals surface area contributed by atoms with E-state index >= 15 is 0 Å². The van der Waals surface area contributed by atoms with E-state index in [0.29, 0.717) is 13.2 Å². The summed E-state index contributed by atoms with van der Waals surface area (Å²) in [6.45, 7) is 11.3. The zero-order valence-corrected chi connectivity index (χ0v) is 18.6. The van der Waals surface area contributed by atoms with E-state index in [1.807, 2.05) is 52.0 Å². The normalized spacial score (nSPS) is 33.8. The van der Waals surface area contributed by atoms with Gasteiger partial charge in [-0.05, 0) is 51.8 Å². The lowest BCUT2D eigenvalue weighted by Crippen LogP contribution is -2.56. The second kappa shape index (κ2) is 8.73. The smallest absolute Gasteiger partial charge is 0.190 e. The lowest BCUT2D eigenvalue weighted by Gasteiger charge is -2.37. The summed E-state index contributed by atoms with van der Waals surface area (Å²) in [5, 5.41) is 0. The van der Waals surface area contributed by atoms with Crippen LogP contribution in [0.2, 0.25) is 0 Å². The average Bonchev–Trinajstić information content (AvgIpc) is 3.17. The zero-order valence-electron chi connectivity index (χ0n) is 18.6. The number of benzene rings is 1. The largest absolute Gasteiger partial charge is 0.494 e. The first-order chi connectivity index (χ1) is 14.3. The van der Waals surface area contributed by atoms with Crippen molar-refractivity contribution in [2.24, 2.45) is 0 Å². The van der Waals surface area contributed by atoms with Crippen molar-refractivity contribution in [3.8, 4) is 5.75 Å². The Labute approximate surface area is 178 Å². The lowest BCUT2D eigenvalue weighted by molar-refractivity contribution is -0.243. The topological polar surface area (TPSA) is 64.6 Å². The van der Waals surface area contributed by atoms with Crippen LogP contribution in [0.1, 0.15) is 53.0 Å². The summed E-state index contributed by atoms with van der Waals surface area (Å²) < 4.78 is 42.1. The summed E-state index contributed by atoms with van der Waals surface area (Å²) in [4.78, 5) is 0. The van der Waals surface area contributed by atoms with Crippen LogP contribution in [0.25, 0.3) is 0 Å². The fraction of sp³-hybridized carbons (Fsp3) is 0.739. The van der Waals surface area contributed by atoms with Gasteiger partial charge in [0.15, 0.2) is 17.9 Å². The highest BCUT2D eigenvalue weighted by atomic mass is 16.9. The van der Waals surface area contributed by atoms with Crippen LogP contribution in [0.5, 0.6) is 5.75 Å². The van der Waals surface area contributed by atoms with Crippen LogP contribution >= 0.6 is 0 Å². The first-order valence-corrected chi connectivity index (χ1v) is 10.9. The number of rotatable bonds is 8. The molecule has 4 rings (SSSR count). The zero-order chi connectivity index (χ0) is 21.4. The van der Waals surface area contributed by atoms with Gasteiger partial charge in [0.2, 0.25) is 0 Å². The van der Waals surface area contributed by atoms with Gasteiger partial charge in [0.05, 0.1) is 19.8 Å². The monoisotopic (exact) mass is 422 g/mol. The maximum absolute atomic E-state index is 6.17. The van der Waals surface area contributed by atoms with Gasteiger partial charge in [-0.15, -0.1) is 0 Å². The van der Waals surface area contributed by atoms with Gasteiger partial charge in [-0.3, -0.25) is 0 Å². The molecule has 3 aliphatic heterocycles. The third-order valence-electron chi connectivity index (χ3n) is 5.49. The van der Waals surface area contributed by atoms with Gasteiger partial charge >= 0.3 is 0 Å². The molecule has 0 radical (unpaired) electrons. The molecule has 0 bridgehead atoms. The van der Waals surface area contributed by atoms with Crippen LogP contribution in [-0.4, -0.2) is 55.5 Å². The molecule has 30 heavy (non-hydrogen) atoms. The van der Waals surface area contributed by atoms with E-state index in [9.17, 15) is 0 Å². The number of fused-ring (bicyclic) bond motifs is 3. The number of ether oxygens (including phenoxy) is 7. The molecule has 0 N–H and O–H groups in total. The molecule has 3 saturated heterocycles. The third kappa shape index (κ3) is 4.98. The van der Waals surface area contributed by atoms with Crippen molar-refractivity contribution in [1.82, 2.24) is 0 Å². The van der Waals surface area contributed by atoms with E-state index in [0.717, 1.165) is 30.8 Å². The van der Waals surface area contributed by atoms with Crippen molar-refractivity contribution in [2.75, 3.05) is 13.2 Å². The molecular formula is C23H34O7. The Balaban J connectivity index is 1.33. The molecule has 1 aromatic rings. The van der Waals surface area contributed by atoms with Gasteiger partial charge < -0.3 is 33.2 Å². The fourth-order valence-electron chi connectivity index (χ4n) is 4.14. The lowest BCUT2D eigenvalue weighted by atomic mass is 9.99. The summed E-state index contributed by atoms with van der Waals surface area (Å²) in [7, 11) is 0. The predicted octanol–water partition coefficient (Wildman–Crippen LogP) is 3.78. The van der Waals surface area contributed by atoms with E-state index in [4.69, 9.17) is 33.2 Å². The first kappa shape index (κ1) is 22.0. The standard InChI is InChI=1S/C23H34O7/c1-6-7-12-25-16-10-8-15(9-11-16)13-24-14-17-18-19(28-22(2,3)27-18)20-21(26-17)30-23(4,5)29-20/h8-11,17-21H,6-7,12-14H2,1-5H3/t17-,18+,19-,20-,21+/m0/s1. The summed E-state index contributed by atoms with van der Waals surface area (Å²) in [5.74, 6) is -0.529. The number of hydrogen-bond donors (Lipinski definition) is 0. The van der Waals surface area contributed by atoms with Crippen molar-refractivity contribution in [3.05, 3.63) is 29.8 Å². The summed E-state index contributed by atoms with van der Waals surface area (Å²) in [5.41, 5.74) is 1.08. The van der Waals surface area contributed by atoms with E-state index < -0.39 is 17.9 Å². The first-order valence-electron chi connectivity index (χ1n) is 10.9. The molecule has 0 amide bonds. The van der Waals surface area contributed by atoms with E-state index in [1.54, 1.807) is 0 Å². The van der Waals surface area contributed by atoms with E-state index in [-0.39, 0.29) is 24.4 Å². The molecule has 5 atom stereocenters. The molecule has 3 aliphatic rings. The third-order valence-corrected chi connectivity index (χ3v) is 5.49. The highest BCUT2D eigenvalue weighted by molar-refractivity contribution is 5.26. The van der Waals surface area contributed by atoms with Crippen molar-refractivity contribution in [2.45, 2.75) is 96.3 Å². The Kier molecular flexibility index (Phi) is 6.40. The summed E-state index contributed by atoms with van der Waals surface area (Å²) >= 11 is 0. The molecule has 3 heterocycles. The van der Waals surface area contributed by atoms with E-state index in [2.05, 4.69) is 6.92 Å². The van der Waals surface area contributed by atoms with Gasteiger partial charge in [-0.1, -0.05) is 25.5 Å². The second-order valence-corrected chi connectivity index (χ2v) is 9.07. The SMILES string of the molecule is CCCCOc1ccc(COC[C@@H]2O[C@@H]3OC(C)(C)O[C@H]3[C@H]3OC(C)(C)O[C@@H]32)cc1. The molecule has 1 aromatic carbocycles. The molecule has 0 unspecified atom stereocenters. The molecule has 3 fully saturated rings. The fourth-order valence-corrected chi connectivity index (χ4v) is 4.14. The van der Waals surface area contributed by atoms with Crippen LogP contribution in [-0.2, 0) is 35.0 Å². The number of hydrogen-bond acceptors (Lipinski definition) is 7. The summed E-state index contributed by atoms with van der Waals surface area (Å²) in [6.07, 6.45) is 0.549. The minimum atomic E-state index is -0.716. The Morgan fingerprint density at radius 1 is 0.867 bits per heavy atom. The predicted molar refractivity (Wildman–Crippen MR) is 109 cm³/mol. The van der Waals surface area contributed by atoms with E-state index in [1.165, 1.54) is 0 Å². The van der Waals surface area contributed by atoms with Crippen molar-refractivity contribution < 1.29 is 33.2 Å². The van der Waals surface area contributed by atoms with Crippen LogP contribution in [0.15, 0.2) is 24.3 Å². The maximum Gasteiger partial charge on any atom is 0.190 e. The summed E-state index contributed by atoms with van der Waals surface area (Å²) in [6, 6.07) is 8.01. The Morgan fingerprint density at radius 3 is 2.27 bits per heavy atom. The van der Waals surface area contributed by atoms with Crippen molar-refractivity contribution in [1.29, 1.82) is 0 Å². The molecule has 7 heteroatoms. The molecule has 168 valence electrons. The van der Waals surface area contributed by atoms with Crippen LogP contribution in [0.3, 0.4) is 0 Å². The minimum Gasteiger partial charge on any atom is -0.494 e. The van der Waals surface area contributed by atoms with Crippen LogP contribution in [0.4, 0.5) is 0 Å². The van der Waals surface area contributed by atoms with Crippen molar-refractivity contribution >= 4 is 0 Å². The molecule has 0 saturated carbocycles. The second-order valence-electron chi connectivity index (χ2n) is 9.07. The van der Waals surface area contributed by atoms with Crippen molar-refractivity contribution in [3.63, 3.8) is 0 Å². The van der Waals surface area contributed by atoms with Gasteiger partial charge in [-0.2, -0.15) is 0 Å². The average molecular weight is 423 g/mol. The van der Waals surface area contributed by atoms with Crippen LogP contribution < -0.4 is 4.74 Å². The van der Waals surface area contributed by atoms with Gasteiger partial charge in [0.1, 0.15) is 30.2 Å². The highest BCUT2D eigenvalue weighted by Crippen LogP contribution is 2.44. The molecular weight excluding hydrogens is 388 g/mol.